The lowest BCUT2D eigenvalue weighted by Gasteiger charge is -2.25. The van der Waals surface area contributed by atoms with E-state index in [0.717, 1.165) is 6.07 Å². The van der Waals surface area contributed by atoms with Crippen molar-refractivity contribution >= 4 is 33.6 Å². The Labute approximate surface area is 127 Å². The predicted octanol–water partition coefficient (Wildman–Crippen LogP) is 3.25. The van der Waals surface area contributed by atoms with Crippen LogP contribution in [-0.4, -0.2) is 22.6 Å². The van der Waals surface area contributed by atoms with Crippen molar-refractivity contribution in [3.8, 4) is 0 Å². The Morgan fingerprint density at radius 2 is 1.81 bits per heavy atom. The fourth-order valence-corrected chi connectivity index (χ4v) is 2.70. The average molecular weight is 363 g/mol. The van der Waals surface area contributed by atoms with Gasteiger partial charge in [0.1, 0.15) is 17.2 Å². The lowest BCUT2D eigenvalue weighted by molar-refractivity contribution is -0.144. The third kappa shape index (κ3) is 3.31. The number of carboxylic acid groups (broad SMARTS) is 1. The van der Waals surface area contributed by atoms with Crippen LogP contribution in [0.3, 0.4) is 0 Å². The highest BCUT2D eigenvalue weighted by Gasteiger charge is 2.42. The summed E-state index contributed by atoms with van der Waals surface area (Å²) >= 11 is 2.88. The molecule has 0 heterocycles. The van der Waals surface area contributed by atoms with Crippen molar-refractivity contribution in [3.05, 3.63) is 28.2 Å². The van der Waals surface area contributed by atoms with Crippen LogP contribution in [0.25, 0.3) is 0 Å². The number of nitrogens with one attached hydrogen (secondary N) is 2. The Kier molecular flexibility index (Phi) is 4.46. The molecule has 21 heavy (non-hydrogen) atoms. The Morgan fingerprint density at radius 3 is 2.38 bits per heavy atom. The predicted molar refractivity (Wildman–Crippen MR) is 75.0 cm³/mol. The summed E-state index contributed by atoms with van der Waals surface area (Å²) < 4.78 is 26.6. The van der Waals surface area contributed by atoms with E-state index in [1.165, 1.54) is 0 Å². The molecule has 0 radical (unpaired) electrons. The maximum absolute atomic E-state index is 13.5. The molecule has 1 aliphatic carbocycles. The van der Waals surface area contributed by atoms with E-state index in [-0.39, 0.29) is 10.2 Å². The number of carbonyl (C=O) groups is 2. The number of urea groups is 1. The zero-order valence-electron chi connectivity index (χ0n) is 10.9. The molecule has 0 spiro atoms. The van der Waals surface area contributed by atoms with Crippen LogP contribution in [0.4, 0.5) is 19.3 Å². The van der Waals surface area contributed by atoms with Gasteiger partial charge in [-0.05, 0) is 34.8 Å². The number of hydrogen-bond donors (Lipinski definition) is 3. The van der Waals surface area contributed by atoms with E-state index in [2.05, 4.69) is 26.6 Å². The molecule has 5 nitrogen and oxygen atoms in total. The van der Waals surface area contributed by atoms with Gasteiger partial charge >= 0.3 is 12.0 Å². The molecule has 0 unspecified atom stereocenters. The molecule has 3 N–H and O–H groups in total. The molecule has 1 saturated carbocycles. The number of hydrogen-bond acceptors (Lipinski definition) is 2. The molecule has 1 aromatic rings. The van der Waals surface area contributed by atoms with Gasteiger partial charge in [-0.15, -0.1) is 0 Å². The van der Waals surface area contributed by atoms with E-state index in [1.54, 1.807) is 0 Å². The van der Waals surface area contributed by atoms with Gasteiger partial charge in [-0.2, -0.15) is 0 Å². The van der Waals surface area contributed by atoms with Crippen molar-refractivity contribution in [2.75, 3.05) is 5.32 Å². The first-order chi connectivity index (χ1) is 9.84. The number of carbonyl (C=O) groups excluding carboxylic acids is 1. The van der Waals surface area contributed by atoms with Crippen LogP contribution in [0.1, 0.15) is 25.7 Å². The highest BCUT2D eigenvalue weighted by Crippen LogP contribution is 2.30. The largest absolute Gasteiger partial charge is 0.480 e. The number of carboxylic acids is 1. The zero-order chi connectivity index (χ0) is 15.6. The highest BCUT2D eigenvalue weighted by atomic mass is 79.9. The average Bonchev–Trinajstić information content (AvgIpc) is 2.85. The molecular weight excluding hydrogens is 350 g/mol. The monoisotopic (exact) mass is 362 g/mol. The maximum Gasteiger partial charge on any atom is 0.329 e. The summed E-state index contributed by atoms with van der Waals surface area (Å²) in [4.78, 5) is 23.2. The molecule has 0 aromatic heterocycles. The van der Waals surface area contributed by atoms with Crippen LogP contribution in [0.2, 0.25) is 0 Å². The van der Waals surface area contributed by atoms with Gasteiger partial charge in [-0.3, -0.25) is 0 Å². The molecule has 1 aliphatic rings. The number of aliphatic carboxylic acids is 1. The highest BCUT2D eigenvalue weighted by molar-refractivity contribution is 9.10. The quantitative estimate of drug-likeness (QED) is 0.722. The molecule has 8 heteroatoms. The maximum atomic E-state index is 13.5. The Balaban J connectivity index is 2.12. The minimum Gasteiger partial charge on any atom is -0.480 e. The third-order valence-corrected chi connectivity index (χ3v) is 4.09. The molecule has 114 valence electrons. The molecule has 0 bridgehead atoms. The number of anilines is 1. The molecule has 0 atom stereocenters. The Hall–Kier alpha value is -1.70. The lowest BCUT2D eigenvalue weighted by Crippen LogP contribution is -2.53. The fraction of sp³-hybridized carbons (Fsp3) is 0.385. The van der Waals surface area contributed by atoms with Crippen molar-refractivity contribution in [2.24, 2.45) is 0 Å². The van der Waals surface area contributed by atoms with Gasteiger partial charge in [0.15, 0.2) is 0 Å². The van der Waals surface area contributed by atoms with Crippen LogP contribution < -0.4 is 10.6 Å². The van der Waals surface area contributed by atoms with E-state index in [0.29, 0.717) is 31.7 Å². The van der Waals surface area contributed by atoms with E-state index < -0.39 is 29.2 Å². The van der Waals surface area contributed by atoms with Crippen LogP contribution >= 0.6 is 15.9 Å². The number of amides is 2. The minimum atomic E-state index is -1.32. The van der Waals surface area contributed by atoms with E-state index in [4.69, 9.17) is 0 Å². The van der Waals surface area contributed by atoms with Crippen LogP contribution in [-0.2, 0) is 4.79 Å². The molecule has 0 aliphatic heterocycles. The van der Waals surface area contributed by atoms with Crippen LogP contribution in [0, 0.1) is 11.6 Å². The zero-order valence-corrected chi connectivity index (χ0v) is 12.5. The second-order valence-electron chi connectivity index (χ2n) is 4.92. The molecular formula is C13H13BrF2N2O3. The van der Waals surface area contributed by atoms with Crippen molar-refractivity contribution in [3.63, 3.8) is 0 Å². The summed E-state index contributed by atoms with van der Waals surface area (Å²) in [5.41, 5.74) is -1.56. The van der Waals surface area contributed by atoms with E-state index >= 15 is 0 Å². The van der Waals surface area contributed by atoms with Crippen molar-refractivity contribution in [1.82, 2.24) is 5.32 Å². The molecule has 0 saturated heterocycles. The Morgan fingerprint density at radius 1 is 1.19 bits per heavy atom. The summed E-state index contributed by atoms with van der Waals surface area (Å²) in [5, 5.41) is 13.8. The SMILES string of the molecule is O=C(Nc1cc(Br)c(F)cc1F)NC1(C(=O)O)CCCC1. The smallest absolute Gasteiger partial charge is 0.329 e. The first kappa shape index (κ1) is 15.7. The molecule has 2 rings (SSSR count). The van der Waals surface area contributed by atoms with Gasteiger partial charge in [-0.25, -0.2) is 18.4 Å². The van der Waals surface area contributed by atoms with Gasteiger partial charge < -0.3 is 15.7 Å². The summed E-state index contributed by atoms with van der Waals surface area (Å²) in [6, 6.07) is 0.867. The molecule has 1 fully saturated rings. The van der Waals surface area contributed by atoms with Crippen molar-refractivity contribution in [1.29, 1.82) is 0 Å². The van der Waals surface area contributed by atoms with E-state index in [9.17, 15) is 23.5 Å². The summed E-state index contributed by atoms with van der Waals surface area (Å²) in [6.45, 7) is 0. The second kappa shape index (κ2) is 5.97. The van der Waals surface area contributed by atoms with Gasteiger partial charge in [0.2, 0.25) is 0 Å². The third-order valence-electron chi connectivity index (χ3n) is 3.48. The first-order valence-corrected chi connectivity index (χ1v) is 7.10. The first-order valence-electron chi connectivity index (χ1n) is 6.31. The van der Waals surface area contributed by atoms with Gasteiger partial charge in [0, 0.05) is 6.07 Å². The summed E-state index contributed by atoms with van der Waals surface area (Å²) in [7, 11) is 0. The normalized spacial score (nSPS) is 16.5. The standard InChI is InChI=1S/C13H13BrF2N2O3/c14-7-5-10(9(16)6-8(7)15)17-12(21)18-13(11(19)20)3-1-2-4-13/h5-6H,1-4H2,(H,19,20)(H2,17,18,21). The van der Waals surface area contributed by atoms with Gasteiger partial charge in [0.25, 0.3) is 0 Å². The number of rotatable bonds is 3. The van der Waals surface area contributed by atoms with Gasteiger partial charge in [0.05, 0.1) is 10.2 Å². The Bertz CT molecular complexity index is 589. The molecule has 2 amide bonds. The number of halogens is 3. The van der Waals surface area contributed by atoms with Crippen LogP contribution in [0.5, 0.6) is 0 Å². The van der Waals surface area contributed by atoms with Crippen molar-refractivity contribution in [2.45, 2.75) is 31.2 Å². The van der Waals surface area contributed by atoms with Crippen LogP contribution in [0.15, 0.2) is 16.6 Å². The second-order valence-corrected chi connectivity index (χ2v) is 5.77. The summed E-state index contributed by atoms with van der Waals surface area (Å²) in [5.74, 6) is -2.85. The minimum absolute atomic E-state index is 0.00647. The number of benzene rings is 1. The molecule has 1 aromatic carbocycles. The lowest BCUT2D eigenvalue weighted by atomic mass is 9.98. The fourth-order valence-electron chi connectivity index (χ4n) is 2.36. The van der Waals surface area contributed by atoms with Crippen molar-refractivity contribution < 1.29 is 23.5 Å². The van der Waals surface area contributed by atoms with Gasteiger partial charge in [-0.1, -0.05) is 12.8 Å². The van der Waals surface area contributed by atoms with E-state index in [1.807, 2.05) is 0 Å². The summed E-state index contributed by atoms with van der Waals surface area (Å²) in [6.07, 6.45) is 2.04. The topological polar surface area (TPSA) is 78.4 Å².